The number of hydrogen-bond donors (Lipinski definition) is 0. The summed E-state index contributed by atoms with van der Waals surface area (Å²) in [5, 5.41) is 5.23. The maximum atomic E-state index is 13.6. The SMILES string of the molecule is Cc1c(-c2cc(C(=O)N3CCN(Cc4ccco4)CC3)c3ccccc3n2)cnn1C. The molecule has 4 heterocycles. The largest absolute Gasteiger partial charge is 0.468 e. The van der Waals surface area contributed by atoms with Gasteiger partial charge in [-0.1, -0.05) is 18.2 Å². The van der Waals surface area contributed by atoms with Gasteiger partial charge in [-0.2, -0.15) is 5.10 Å². The van der Waals surface area contributed by atoms with E-state index in [0.29, 0.717) is 18.7 Å². The number of amides is 1. The highest BCUT2D eigenvalue weighted by Crippen LogP contribution is 2.28. The van der Waals surface area contributed by atoms with Crippen molar-refractivity contribution >= 4 is 16.8 Å². The number of nitrogens with zero attached hydrogens (tertiary/aromatic N) is 5. The topological polar surface area (TPSA) is 67.4 Å². The molecule has 1 aromatic carbocycles. The lowest BCUT2D eigenvalue weighted by Crippen LogP contribution is -2.48. The Balaban J connectivity index is 1.42. The summed E-state index contributed by atoms with van der Waals surface area (Å²) in [7, 11) is 1.91. The fourth-order valence-electron chi connectivity index (χ4n) is 4.14. The zero-order valence-electron chi connectivity index (χ0n) is 17.8. The fraction of sp³-hybridized carbons (Fsp3) is 0.292. The lowest BCUT2D eigenvalue weighted by molar-refractivity contribution is 0.0622. The molecule has 0 saturated carbocycles. The van der Waals surface area contributed by atoms with Crippen molar-refractivity contribution in [3.63, 3.8) is 0 Å². The van der Waals surface area contributed by atoms with Gasteiger partial charge in [-0.25, -0.2) is 4.98 Å². The van der Waals surface area contributed by atoms with Gasteiger partial charge in [0.1, 0.15) is 5.76 Å². The van der Waals surface area contributed by atoms with Crippen LogP contribution in [0.3, 0.4) is 0 Å². The predicted molar refractivity (Wildman–Crippen MR) is 119 cm³/mol. The Morgan fingerprint density at radius 1 is 1.10 bits per heavy atom. The van der Waals surface area contributed by atoms with Gasteiger partial charge in [0.15, 0.2) is 0 Å². The van der Waals surface area contributed by atoms with Gasteiger partial charge < -0.3 is 9.32 Å². The van der Waals surface area contributed by atoms with Gasteiger partial charge in [-0.05, 0) is 31.2 Å². The first-order valence-corrected chi connectivity index (χ1v) is 10.5. The molecule has 3 aromatic heterocycles. The van der Waals surface area contributed by atoms with Crippen molar-refractivity contribution in [3.8, 4) is 11.3 Å². The first-order chi connectivity index (χ1) is 15.1. The molecule has 4 aromatic rings. The molecule has 1 aliphatic heterocycles. The number of piperazine rings is 1. The van der Waals surface area contributed by atoms with E-state index in [2.05, 4.69) is 10.00 Å². The van der Waals surface area contributed by atoms with Crippen LogP contribution in [0.25, 0.3) is 22.2 Å². The summed E-state index contributed by atoms with van der Waals surface area (Å²) in [6.07, 6.45) is 3.51. The number of para-hydroxylation sites is 1. The molecular formula is C24H25N5O2. The summed E-state index contributed by atoms with van der Waals surface area (Å²) in [5.41, 5.74) is 4.27. The summed E-state index contributed by atoms with van der Waals surface area (Å²) < 4.78 is 7.28. The van der Waals surface area contributed by atoms with Gasteiger partial charge in [-0.3, -0.25) is 14.4 Å². The Kier molecular flexibility index (Phi) is 5.03. The number of aryl methyl sites for hydroxylation is 1. The zero-order chi connectivity index (χ0) is 21.4. The highest BCUT2D eigenvalue weighted by Gasteiger charge is 2.25. The minimum Gasteiger partial charge on any atom is -0.468 e. The number of pyridine rings is 1. The lowest BCUT2D eigenvalue weighted by atomic mass is 10.0. The number of carbonyl (C=O) groups is 1. The third kappa shape index (κ3) is 3.72. The van der Waals surface area contributed by atoms with Crippen LogP contribution in [-0.4, -0.2) is 56.7 Å². The van der Waals surface area contributed by atoms with Gasteiger partial charge in [0.25, 0.3) is 5.91 Å². The van der Waals surface area contributed by atoms with E-state index in [9.17, 15) is 4.79 Å². The molecule has 0 N–H and O–H groups in total. The molecule has 1 aliphatic rings. The fourth-order valence-corrected chi connectivity index (χ4v) is 4.14. The molecule has 0 spiro atoms. The number of furan rings is 1. The molecule has 0 bridgehead atoms. The minimum atomic E-state index is 0.0547. The van der Waals surface area contributed by atoms with Gasteiger partial charge in [0, 0.05) is 49.9 Å². The second-order valence-electron chi connectivity index (χ2n) is 7.99. The molecule has 1 fully saturated rings. The quantitative estimate of drug-likeness (QED) is 0.510. The molecule has 0 atom stereocenters. The highest BCUT2D eigenvalue weighted by atomic mass is 16.3. The second kappa shape index (κ2) is 8.00. The van der Waals surface area contributed by atoms with E-state index in [0.717, 1.165) is 53.2 Å². The molecule has 158 valence electrons. The van der Waals surface area contributed by atoms with Crippen LogP contribution < -0.4 is 0 Å². The van der Waals surface area contributed by atoms with Crippen molar-refractivity contribution in [2.24, 2.45) is 7.05 Å². The van der Waals surface area contributed by atoms with Crippen molar-refractivity contribution in [1.82, 2.24) is 24.6 Å². The van der Waals surface area contributed by atoms with Crippen LogP contribution >= 0.6 is 0 Å². The van der Waals surface area contributed by atoms with Crippen LogP contribution in [0.1, 0.15) is 21.8 Å². The molecule has 0 unspecified atom stereocenters. The van der Waals surface area contributed by atoms with Crippen molar-refractivity contribution in [2.45, 2.75) is 13.5 Å². The van der Waals surface area contributed by atoms with E-state index in [1.54, 1.807) is 6.26 Å². The van der Waals surface area contributed by atoms with E-state index in [-0.39, 0.29) is 5.91 Å². The van der Waals surface area contributed by atoms with Gasteiger partial charge in [-0.15, -0.1) is 0 Å². The van der Waals surface area contributed by atoms with Gasteiger partial charge in [0.05, 0.1) is 35.8 Å². The van der Waals surface area contributed by atoms with E-state index in [1.807, 2.05) is 72.2 Å². The molecule has 7 heteroatoms. The molecule has 1 saturated heterocycles. The summed E-state index contributed by atoms with van der Waals surface area (Å²) in [4.78, 5) is 22.6. The number of carbonyl (C=O) groups excluding carboxylic acids is 1. The Morgan fingerprint density at radius 3 is 2.61 bits per heavy atom. The van der Waals surface area contributed by atoms with Crippen molar-refractivity contribution in [2.75, 3.05) is 26.2 Å². The van der Waals surface area contributed by atoms with Crippen LogP contribution in [0.2, 0.25) is 0 Å². The Hall–Kier alpha value is -3.45. The van der Waals surface area contributed by atoms with E-state index in [1.165, 1.54) is 0 Å². The smallest absolute Gasteiger partial charge is 0.254 e. The molecule has 0 radical (unpaired) electrons. The average Bonchev–Trinajstić information content (AvgIpc) is 3.43. The highest BCUT2D eigenvalue weighted by molar-refractivity contribution is 6.07. The van der Waals surface area contributed by atoms with Crippen LogP contribution in [0.15, 0.2) is 59.3 Å². The number of aromatic nitrogens is 3. The Bertz CT molecular complexity index is 1220. The normalized spacial score (nSPS) is 15.0. The predicted octanol–water partition coefficient (Wildman–Crippen LogP) is 3.49. The van der Waals surface area contributed by atoms with Crippen molar-refractivity contribution in [3.05, 3.63) is 71.9 Å². The molecular weight excluding hydrogens is 390 g/mol. The summed E-state index contributed by atoms with van der Waals surface area (Å²) in [6.45, 7) is 5.82. The van der Waals surface area contributed by atoms with Crippen molar-refractivity contribution < 1.29 is 9.21 Å². The molecule has 31 heavy (non-hydrogen) atoms. The number of fused-ring (bicyclic) bond motifs is 1. The van der Waals surface area contributed by atoms with E-state index < -0.39 is 0 Å². The van der Waals surface area contributed by atoms with E-state index in [4.69, 9.17) is 9.40 Å². The second-order valence-corrected chi connectivity index (χ2v) is 7.99. The van der Waals surface area contributed by atoms with Crippen LogP contribution in [0.5, 0.6) is 0 Å². The zero-order valence-corrected chi connectivity index (χ0v) is 17.8. The summed E-state index contributed by atoms with van der Waals surface area (Å²) >= 11 is 0. The first kappa shape index (κ1) is 19.5. The summed E-state index contributed by atoms with van der Waals surface area (Å²) in [5.74, 6) is 1.01. The van der Waals surface area contributed by atoms with Crippen LogP contribution in [0, 0.1) is 6.92 Å². The first-order valence-electron chi connectivity index (χ1n) is 10.5. The number of benzene rings is 1. The third-order valence-electron chi connectivity index (χ3n) is 6.08. The Labute approximate surface area is 180 Å². The summed E-state index contributed by atoms with van der Waals surface area (Å²) in [6, 6.07) is 13.7. The van der Waals surface area contributed by atoms with Crippen LogP contribution in [-0.2, 0) is 13.6 Å². The maximum absolute atomic E-state index is 13.6. The molecule has 5 rings (SSSR count). The minimum absolute atomic E-state index is 0.0547. The lowest BCUT2D eigenvalue weighted by Gasteiger charge is -2.34. The van der Waals surface area contributed by atoms with E-state index >= 15 is 0 Å². The molecule has 0 aliphatic carbocycles. The molecule has 7 nitrogen and oxygen atoms in total. The van der Waals surface area contributed by atoms with Crippen molar-refractivity contribution in [1.29, 1.82) is 0 Å². The average molecular weight is 415 g/mol. The van der Waals surface area contributed by atoms with Gasteiger partial charge in [0.2, 0.25) is 0 Å². The van der Waals surface area contributed by atoms with Gasteiger partial charge >= 0.3 is 0 Å². The Morgan fingerprint density at radius 2 is 1.90 bits per heavy atom. The number of rotatable bonds is 4. The third-order valence-corrected chi connectivity index (χ3v) is 6.08. The standard InChI is InChI=1S/C24H25N5O2/c1-17-21(15-25-27(17)2)23-14-20(19-7-3-4-8-22(19)26-23)24(30)29-11-9-28(10-12-29)16-18-6-5-13-31-18/h3-8,13-15H,9-12,16H2,1-2H3. The molecule has 1 amide bonds. The maximum Gasteiger partial charge on any atom is 0.254 e. The van der Waals surface area contributed by atoms with Crippen LogP contribution in [0.4, 0.5) is 0 Å². The number of hydrogen-bond acceptors (Lipinski definition) is 5. The monoisotopic (exact) mass is 415 g/mol.